The van der Waals surface area contributed by atoms with E-state index < -0.39 is 49.3 Å². The van der Waals surface area contributed by atoms with Crippen LogP contribution in [-0.2, 0) is 31.7 Å². The van der Waals surface area contributed by atoms with Crippen molar-refractivity contribution in [2.75, 3.05) is 22.7 Å². The first-order valence-corrected chi connectivity index (χ1v) is 18.2. The van der Waals surface area contributed by atoms with Crippen molar-refractivity contribution >= 4 is 85.4 Å². The van der Waals surface area contributed by atoms with Gasteiger partial charge in [-0.15, -0.1) is 4.89 Å². The van der Waals surface area contributed by atoms with E-state index in [0.29, 0.717) is 11.2 Å². The van der Waals surface area contributed by atoms with E-state index in [1.54, 1.807) is 15.4 Å². The lowest BCUT2D eigenvalue weighted by atomic mass is 10.2. The highest BCUT2D eigenvalue weighted by Gasteiger charge is 2.58. The van der Waals surface area contributed by atoms with Gasteiger partial charge in [-0.2, -0.15) is 9.79 Å². The van der Waals surface area contributed by atoms with Crippen molar-refractivity contribution in [1.82, 2.24) is 19.5 Å². The number of nitrogens with zero attached hydrogens (tertiary/aromatic N) is 4. The molecule has 2 aromatic heterocycles. The molecule has 6 N–H and O–H groups in total. The average Bonchev–Trinajstić information content (AvgIpc) is 3.38. The highest BCUT2D eigenvalue weighted by molar-refractivity contribution is 14.1. The molecule has 2 unspecified atom stereocenters. The first-order chi connectivity index (χ1) is 17.2. The molecule has 1 aliphatic rings. The van der Waals surface area contributed by atoms with Crippen molar-refractivity contribution in [1.29, 1.82) is 0 Å². The Bertz CT molecular complexity index is 1150. The standard InChI is InChI=1S/C15H23IN5O11P3S2/c1-15(2,5-16)37-36-8-28-9-3-11(21-7-20-12-13(17)18-6-19-14(12)21)30-10(9)4-29-34(24,25)32-35(26,27)31-33(22)23/h6-7,9-11,26-27H,3-5,8H2,1-2H3,(H2-2,17,18,19,22,23,24,25)/p+2/t9-,10-,11-/m1/s1. The van der Waals surface area contributed by atoms with Gasteiger partial charge in [0.25, 0.3) is 0 Å². The predicted octanol–water partition coefficient (Wildman–Crippen LogP) is 3.10. The van der Waals surface area contributed by atoms with E-state index in [4.69, 9.17) is 24.6 Å². The number of anilines is 1. The van der Waals surface area contributed by atoms with Crippen molar-refractivity contribution in [3.05, 3.63) is 12.7 Å². The number of fused-ring (bicyclic) bond motifs is 1. The third-order valence-electron chi connectivity index (χ3n) is 4.60. The molecule has 3 rings (SSSR count). The molecule has 16 nitrogen and oxygen atoms in total. The van der Waals surface area contributed by atoms with Gasteiger partial charge in [-0.1, -0.05) is 44.2 Å². The summed E-state index contributed by atoms with van der Waals surface area (Å²) in [4.78, 5) is 49.7. The summed E-state index contributed by atoms with van der Waals surface area (Å²) in [5.74, 6) is 0.458. The molecule has 0 bridgehead atoms. The molecule has 5 atom stereocenters. The monoisotopic (exact) mass is 735 g/mol. The quantitative estimate of drug-likeness (QED) is 0.0469. The molecule has 0 spiro atoms. The van der Waals surface area contributed by atoms with E-state index in [2.05, 4.69) is 60.0 Å². The van der Waals surface area contributed by atoms with Gasteiger partial charge in [-0.05, 0) is 18.2 Å². The molecule has 22 heteroatoms. The highest BCUT2D eigenvalue weighted by Crippen LogP contribution is 2.68. The number of hydrogen-bond donors (Lipinski definition) is 5. The van der Waals surface area contributed by atoms with Gasteiger partial charge in [0.05, 0.1) is 19.0 Å². The average molecular weight is 735 g/mol. The van der Waals surface area contributed by atoms with E-state index in [0.717, 1.165) is 4.43 Å². The fourth-order valence-electron chi connectivity index (χ4n) is 3.03. The summed E-state index contributed by atoms with van der Waals surface area (Å²) in [6, 6.07) is 0. The molecule has 0 radical (unpaired) electrons. The van der Waals surface area contributed by atoms with Gasteiger partial charge in [0.1, 0.15) is 34.4 Å². The Kier molecular flexibility index (Phi) is 11.3. The summed E-state index contributed by atoms with van der Waals surface area (Å²) in [6.45, 7) is 3.63. The maximum absolute atomic E-state index is 12.2. The zero-order valence-corrected chi connectivity index (χ0v) is 25.7. The lowest BCUT2D eigenvalue weighted by Gasteiger charge is -2.22. The number of imidazole rings is 1. The SMILES string of the molecule is CC(C)(CI)SSCO[C@@H]1C[C@H](n2cnc3c(N)ncnc32)O[C@@H]1COP(=O)(O)O[P+](O)(O)O[P+](=O)O. The Morgan fingerprint density at radius 2 is 2.14 bits per heavy atom. The second-order valence-electron chi connectivity index (χ2n) is 8.02. The molecule has 1 saturated heterocycles. The van der Waals surface area contributed by atoms with E-state index in [1.807, 2.05) is 0 Å². The van der Waals surface area contributed by atoms with Crippen LogP contribution in [0.2, 0.25) is 0 Å². The van der Waals surface area contributed by atoms with Gasteiger partial charge < -0.3 is 20.1 Å². The summed E-state index contributed by atoms with van der Waals surface area (Å²) in [5.41, 5.74) is 6.64. The zero-order valence-electron chi connectivity index (χ0n) is 19.3. The van der Waals surface area contributed by atoms with Gasteiger partial charge >= 0.3 is 24.2 Å². The van der Waals surface area contributed by atoms with E-state index in [9.17, 15) is 23.8 Å². The number of phosphoric ester groups is 1. The number of hydrogen-bond acceptors (Lipinski definition) is 15. The van der Waals surface area contributed by atoms with Crippen molar-refractivity contribution in [3.8, 4) is 0 Å². The number of rotatable bonds is 14. The molecule has 2 aromatic rings. The number of ether oxygens (including phenoxy) is 2. The minimum Gasteiger partial charge on any atom is -0.382 e. The molecule has 0 aromatic carbocycles. The molecule has 0 aliphatic carbocycles. The Morgan fingerprint density at radius 3 is 2.81 bits per heavy atom. The fourth-order valence-corrected chi connectivity index (χ4v) is 8.93. The number of nitrogen functional groups attached to an aromatic ring is 1. The normalized spacial score (nSPS) is 22.9. The Balaban J connectivity index is 1.70. The molecular weight excluding hydrogens is 710 g/mol. The van der Waals surface area contributed by atoms with Gasteiger partial charge in [0.2, 0.25) is 0 Å². The van der Waals surface area contributed by atoms with Crippen molar-refractivity contribution in [2.45, 2.75) is 43.5 Å². The van der Waals surface area contributed by atoms with Gasteiger partial charge in [-0.25, -0.2) is 19.5 Å². The van der Waals surface area contributed by atoms with Crippen LogP contribution in [0.1, 0.15) is 26.5 Å². The number of aromatic nitrogens is 4. The number of alkyl halides is 1. The third-order valence-corrected chi connectivity index (χ3v) is 13.5. The Labute approximate surface area is 234 Å². The van der Waals surface area contributed by atoms with Crippen LogP contribution >= 0.6 is 68.4 Å². The lowest BCUT2D eigenvalue weighted by molar-refractivity contribution is -0.0523. The number of phosphoric acid groups is 1. The van der Waals surface area contributed by atoms with Crippen molar-refractivity contribution in [3.63, 3.8) is 0 Å². The minimum absolute atomic E-state index is 0.0211. The van der Waals surface area contributed by atoms with Gasteiger partial charge in [0, 0.05) is 20.2 Å². The van der Waals surface area contributed by atoms with Crippen LogP contribution < -0.4 is 5.73 Å². The predicted molar refractivity (Wildman–Crippen MR) is 145 cm³/mol. The summed E-state index contributed by atoms with van der Waals surface area (Å²) >= 11 is 2.30. The molecule has 0 saturated carbocycles. The number of nitrogens with two attached hydrogens (primary N) is 1. The summed E-state index contributed by atoms with van der Waals surface area (Å²) in [7, 11) is -10.6. The van der Waals surface area contributed by atoms with E-state index in [1.165, 1.54) is 23.4 Å². The van der Waals surface area contributed by atoms with Crippen LogP contribution in [0.3, 0.4) is 0 Å². The molecule has 0 amide bonds. The van der Waals surface area contributed by atoms with Crippen LogP contribution in [0.15, 0.2) is 12.7 Å². The smallest absolute Gasteiger partial charge is 0.382 e. The first kappa shape index (κ1) is 31.7. The van der Waals surface area contributed by atoms with E-state index >= 15 is 0 Å². The van der Waals surface area contributed by atoms with E-state index in [-0.39, 0.29) is 22.9 Å². The minimum atomic E-state index is -5.15. The molecule has 3 heterocycles. The van der Waals surface area contributed by atoms with Crippen LogP contribution in [0.4, 0.5) is 5.82 Å². The van der Waals surface area contributed by atoms with Crippen LogP contribution in [-0.4, -0.2) is 73.0 Å². The van der Waals surface area contributed by atoms with Crippen LogP contribution in [0, 0.1) is 0 Å². The Hall–Kier alpha value is 0.180. The molecule has 1 aliphatic heterocycles. The first-order valence-electron chi connectivity index (χ1n) is 10.2. The van der Waals surface area contributed by atoms with Crippen molar-refractivity contribution < 1.29 is 51.3 Å². The zero-order chi connectivity index (χ0) is 27.4. The number of halogens is 1. The van der Waals surface area contributed by atoms with Gasteiger partial charge in [0.15, 0.2) is 11.5 Å². The summed E-state index contributed by atoms with van der Waals surface area (Å²) < 4.78 is 50.3. The fraction of sp³-hybridized carbons (Fsp3) is 0.667. The van der Waals surface area contributed by atoms with Gasteiger partial charge in [-0.3, -0.25) is 9.09 Å². The lowest BCUT2D eigenvalue weighted by Crippen LogP contribution is -2.29. The Morgan fingerprint density at radius 1 is 1.41 bits per heavy atom. The topological polar surface area (TPSA) is 231 Å². The molecule has 208 valence electrons. The maximum Gasteiger partial charge on any atom is 0.740 e. The molecule has 37 heavy (non-hydrogen) atoms. The second kappa shape index (κ2) is 13.2. The summed E-state index contributed by atoms with van der Waals surface area (Å²) in [5, 5.41) is 0. The van der Waals surface area contributed by atoms with Crippen LogP contribution in [0.25, 0.3) is 11.2 Å². The summed E-state index contributed by atoms with van der Waals surface area (Å²) in [6.07, 6.45) is 0.842. The maximum atomic E-state index is 12.2. The highest BCUT2D eigenvalue weighted by atomic mass is 127. The molecule has 1 fully saturated rings. The van der Waals surface area contributed by atoms with Crippen molar-refractivity contribution in [2.24, 2.45) is 0 Å². The third kappa shape index (κ3) is 9.37. The largest absolute Gasteiger partial charge is 0.740 e. The molecular formula is C15H25IN5O11P3S2+2. The second-order valence-corrected chi connectivity index (χ2v) is 15.7. The van der Waals surface area contributed by atoms with Crippen LogP contribution in [0.5, 0.6) is 0 Å².